The number of thiazole rings is 2. The van der Waals surface area contributed by atoms with E-state index in [1.807, 2.05) is 20.9 Å². The van der Waals surface area contributed by atoms with Crippen LogP contribution in [0.1, 0.15) is 157 Å². The van der Waals surface area contributed by atoms with Gasteiger partial charge in [-0.2, -0.15) is 0 Å². The van der Waals surface area contributed by atoms with E-state index in [4.69, 9.17) is 20.3 Å². The minimum absolute atomic E-state index is 0. The number of fused-ring (bicyclic) bond motifs is 2. The number of hydrogen-bond donors (Lipinski definition) is 5. The van der Waals surface area contributed by atoms with Crippen molar-refractivity contribution in [2.75, 3.05) is 55.4 Å². The van der Waals surface area contributed by atoms with Crippen molar-refractivity contribution in [1.29, 1.82) is 0 Å². The second-order valence-corrected chi connectivity index (χ2v) is 23.8. The summed E-state index contributed by atoms with van der Waals surface area (Å²) < 4.78 is 11.5. The molecule has 8 rings (SSSR count). The summed E-state index contributed by atoms with van der Waals surface area (Å²) in [6.07, 6.45) is 15.1. The standard InChI is InChI=1S/C25H39N5O4S.C17H31N3O3.C8H10N2O2S.ClH/c1-25(11-6-5-7-12-25)34-24(33)28-17-9-8-16(23(32)29(2)3)14-19(17)26-21(31)22-27-18-10-13-30(4)15-20(18)35-22;1-17(9-5-4-6-10-17)23-16(22)19-14-8-7-12(11-13(14)18)15(21)20(2)3;1-10-3-2-5-6(4-10)13-7(9-5)8(11)12;/h16-17,19H,5-15H2,1-4H3,(H,26,31)(H,28,33);12-14H,4-11,18H2,1-3H3,(H,19,22);2-4H2,1H3,(H,11,12);1H/t16-,17-,19+;12-,13+,14-;;/m00../s1. The first-order valence-corrected chi connectivity index (χ1v) is 27.3. The van der Waals surface area contributed by atoms with E-state index in [0.717, 1.165) is 124 Å². The Morgan fingerprint density at radius 1 is 0.639 bits per heavy atom. The highest BCUT2D eigenvalue weighted by Gasteiger charge is 2.40. The Morgan fingerprint density at radius 2 is 1.07 bits per heavy atom. The molecule has 6 aliphatic rings. The first-order chi connectivity index (χ1) is 33.6. The maximum absolute atomic E-state index is 13.2. The summed E-state index contributed by atoms with van der Waals surface area (Å²) in [5.41, 5.74) is 7.37. The fourth-order valence-electron chi connectivity index (χ4n) is 10.7. The largest absolute Gasteiger partial charge is 0.476 e. The number of nitrogens with one attached hydrogen (secondary N) is 3. The van der Waals surface area contributed by atoms with E-state index >= 15 is 0 Å². The van der Waals surface area contributed by atoms with Crippen molar-refractivity contribution in [3.05, 3.63) is 31.2 Å². The summed E-state index contributed by atoms with van der Waals surface area (Å²) in [6, 6.07) is -0.990. The molecule has 0 spiro atoms. The summed E-state index contributed by atoms with van der Waals surface area (Å²) in [6.45, 7) is 7.55. The molecule has 2 aromatic rings. The fourth-order valence-corrected chi connectivity index (χ4v) is 12.9. The van der Waals surface area contributed by atoms with E-state index in [2.05, 4.69) is 42.8 Å². The third-order valence-electron chi connectivity index (χ3n) is 15.0. The Balaban J connectivity index is 0.000000222. The number of carbonyl (C=O) groups is 6. The van der Waals surface area contributed by atoms with Crippen LogP contribution in [-0.4, -0.2) is 161 Å². The number of alkyl carbamates (subject to hydrolysis) is 2. The molecule has 2 aliphatic heterocycles. The minimum Gasteiger partial charge on any atom is -0.476 e. The zero-order valence-corrected chi connectivity index (χ0v) is 46.2. The van der Waals surface area contributed by atoms with Crippen LogP contribution in [0.25, 0.3) is 0 Å². The molecule has 22 heteroatoms. The number of carboxylic acid groups (broad SMARTS) is 1. The normalized spacial score (nSPS) is 25.6. The predicted molar refractivity (Wildman–Crippen MR) is 280 cm³/mol. The van der Waals surface area contributed by atoms with Gasteiger partial charge in [-0.3, -0.25) is 14.4 Å². The van der Waals surface area contributed by atoms with E-state index in [1.165, 1.54) is 35.5 Å². The average Bonchev–Trinajstić information content (AvgIpc) is 3.95. The lowest BCUT2D eigenvalue weighted by atomic mass is 9.81. The number of nitrogens with two attached hydrogens (primary N) is 1. The van der Waals surface area contributed by atoms with Crippen molar-refractivity contribution in [2.24, 2.45) is 17.6 Å². The molecule has 404 valence electrons. The minimum atomic E-state index is -0.915. The lowest BCUT2D eigenvalue weighted by Crippen LogP contribution is -2.56. The third kappa shape index (κ3) is 16.4. The second-order valence-electron chi connectivity index (χ2n) is 21.6. The molecule has 0 bridgehead atoms. The van der Waals surface area contributed by atoms with Gasteiger partial charge in [-0.1, -0.05) is 12.8 Å². The van der Waals surface area contributed by atoms with Gasteiger partial charge in [-0.25, -0.2) is 24.4 Å². The van der Waals surface area contributed by atoms with Gasteiger partial charge in [0.1, 0.15) is 11.2 Å². The first kappa shape index (κ1) is 58.7. The van der Waals surface area contributed by atoms with Crippen molar-refractivity contribution >= 4 is 71.0 Å². The van der Waals surface area contributed by atoms with Crippen molar-refractivity contribution in [2.45, 2.75) is 178 Å². The Kier molecular flexibility index (Phi) is 21.5. The van der Waals surface area contributed by atoms with Gasteiger partial charge in [0.15, 0.2) is 5.01 Å². The molecule has 0 aromatic carbocycles. The number of halogens is 1. The maximum atomic E-state index is 13.2. The summed E-state index contributed by atoms with van der Waals surface area (Å²) >= 11 is 2.73. The summed E-state index contributed by atoms with van der Waals surface area (Å²) in [7, 11) is 11.1. The molecule has 0 radical (unpaired) electrons. The summed E-state index contributed by atoms with van der Waals surface area (Å²) in [5.74, 6) is -1.22. The number of likely N-dealkylation sites (N-methyl/N-ethyl adjacent to an activating group) is 2. The van der Waals surface area contributed by atoms with Crippen LogP contribution in [0.5, 0.6) is 0 Å². The Bertz CT molecular complexity index is 2180. The second kappa shape index (κ2) is 26.4. The zero-order chi connectivity index (χ0) is 51.6. The van der Waals surface area contributed by atoms with Gasteiger partial charge >= 0.3 is 18.2 Å². The van der Waals surface area contributed by atoms with Crippen molar-refractivity contribution in [3.63, 3.8) is 0 Å². The number of carboxylic acids is 1. The van der Waals surface area contributed by atoms with E-state index < -0.39 is 17.7 Å². The molecule has 72 heavy (non-hydrogen) atoms. The van der Waals surface area contributed by atoms with Gasteiger partial charge in [0, 0.05) is 101 Å². The SMILES string of the molecule is CN(C)C(=O)[C@H]1CC[C@H](NC(=O)OC2(C)CCCCC2)[C@H](N)C1.CN1CCc2nc(C(=O)N[C@@H]3C[C@@H](C(=O)N(C)C)CC[C@@H]3NC(=O)OC3(C)CCCCC3)sc2C1.CN1CCc2nc(C(=O)O)sc2C1.Cl. The molecular formula is C50H81ClN10O9S2. The lowest BCUT2D eigenvalue weighted by molar-refractivity contribution is -0.135. The number of carbonyl (C=O) groups excluding carboxylic acids is 5. The Morgan fingerprint density at radius 3 is 1.53 bits per heavy atom. The Labute approximate surface area is 439 Å². The maximum Gasteiger partial charge on any atom is 0.407 e. The highest BCUT2D eigenvalue weighted by molar-refractivity contribution is 7.14. The van der Waals surface area contributed by atoms with Gasteiger partial charge in [0.25, 0.3) is 5.91 Å². The number of ether oxygens (including phenoxy) is 2. The van der Waals surface area contributed by atoms with Crippen LogP contribution >= 0.6 is 35.1 Å². The molecular weight excluding hydrogens is 984 g/mol. The van der Waals surface area contributed by atoms with Gasteiger partial charge in [0.2, 0.25) is 16.8 Å². The first-order valence-electron chi connectivity index (χ1n) is 25.7. The summed E-state index contributed by atoms with van der Waals surface area (Å²) in [5, 5.41) is 18.4. The molecule has 0 saturated heterocycles. The van der Waals surface area contributed by atoms with Crippen LogP contribution in [0, 0.1) is 11.8 Å². The van der Waals surface area contributed by atoms with Crippen LogP contribution in [0.2, 0.25) is 0 Å². The number of amides is 5. The van der Waals surface area contributed by atoms with Gasteiger partial charge < -0.3 is 55.9 Å². The molecule has 4 aliphatic carbocycles. The van der Waals surface area contributed by atoms with Crippen molar-refractivity contribution < 1.29 is 43.3 Å². The molecule has 4 saturated carbocycles. The molecule has 0 unspecified atom stereocenters. The number of nitrogens with zero attached hydrogens (tertiary/aromatic N) is 6. The highest BCUT2D eigenvalue weighted by atomic mass is 35.5. The molecule has 19 nitrogen and oxygen atoms in total. The quantitative estimate of drug-likeness (QED) is 0.188. The van der Waals surface area contributed by atoms with E-state index in [9.17, 15) is 28.8 Å². The number of rotatable bonds is 9. The lowest BCUT2D eigenvalue weighted by Gasteiger charge is -2.38. The van der Waals surface area contributed by atoms with Crippen LogP contribution in [0.4, 0.5) is 9.59 Å². The number of aromatic nitrogens is 2. The van der Waals surface area contributed by atoms with Crippen LogP contribution in [0.15, 0.2) is 0 Å². The van der Waals surface area contributed by atoms with Crippen LogP contribution in [0.3, 0.4) is 0 Å². The summed E-state index contributed by atoms with van der Waals surface area (Å²) in [4.78, 5) is 92.1. The van der Waals surface area contributed by atoms with Gasteiger partial charge in [0.05, 0.1) is 23.5 Å². The molecule has 2 aromatic heterocycles. The molecule has 5 amide bonds. The fraction of sp³-hybridized carbons (Fsp3) is 0.760. The molecule has 6 atom stereocenters. The number of hydrogen-bond acceptors (Lipinski definition) is 15. The van der Waals surface area contributed by atoms with Crippen molar-refractivity contribution in [3.8, 4) is 0 Å². The van der Waals surface area contributed by atoms with Gasteiger partial charge in [-0.05, 0) is 118 Å². The van der Waals surface area contributed by atoms with Crippen LogP contribution < -0.4 is 21.7 Å². The van der Waals surface area contributed by atoms with E-state index in [0.29, 0.717) is 30.7 Å². The average molecular weight is 1070 g/mol. The van der Waals surface area contributed by atoms with Crippen LogP contribution in [-0.2, 0) is 45.0 Å². The highest BCUT2D eigenvalue weighted by Crippen LogP contribution is 2.34. The topological polar surface area (TPSA) is 242 Å². The zero-order valence-electron chi connectivity index (χ0n) is 43.7. The third-order valence-corrected chi connectivity index (χ3v) is 17.1. The van der Waals surface area contributed by atoms with E-state index in [1.54, 1.807) is 38.0 Å². The predicted octanol–water partition coefficient (Wildman–Crippen LogP) is 6.21. The number of aromatic carboxylic acids is 1. The molecule has 4 fully saturated rings. The monoisotopic (exact) mass is 1060 g/mol. The Hall–Kier alpha value is -4.15. The van der Waals surface area contributed by atoms with Gasteiger partial charge in [-0.15, -0.1) is 35.1 Å². The van der Waals surface area contributed by atoms with E-state index in [-0.39, 0.29) is 82.8 Å². The smallest absolute Gasteiger partial charge is 0.407 e. The molecule has 4 heterocycles. The molecule has 6 N–H and O–H groups in total. The van der Waals surface area contributed by atoms with Crippen molar-refractivity contribution in [1.82, 2.24) is 45.5 Å².